The number of rotatable bonds is 59. The second kappa shape index (κ2) is 66.3. The third-order valence-corrected chi connectivity index (χ3v) is 13.9. The van der Waals surface area contributed by atoms with Crippen molar-refractivity contribution in [2.45, 2.75) is 309 Å². The zero-order chi connectivity index (χ0) is 57.1. The first kappa shape index (κ1) is 74.8. The van der Waals surface area contributed by atoms with Crippen LogP contribution in [-0.4, -0.2) is 37.2 Å². The fourth-order valence-electron chi connectivity index (χ4n) is 8.98. The Labute approximate surface area is 488 Å². The number of carbonyl (C=O) groups excluding carboxylic acids is 3. The molecular formula is C73H122O6. The van der Waals surface area contributed by atoms with Gasteiger partial charge in [0.1, 0.15) is 13.2 Å². The Kier molecular flexibility index (Phi) is 62.8. The predicted octanol–water partition coefficient (Wildman–Crippen LogP) is 22.8. The standard InChI is InChI=1S/C73H122O6/c1-4-7-10-13-16-19-22-25-28-30-31-32-33-34-35-36-37-38-39-40-41-42-43-44-46-48-51-54-57-60-63-66-72(75)78-69-70(68-77-71(74)65-62-59-56-53-50-47-27-24-21-18-15-12-9-6-3)79-73(76)67-64-61-58-55-52-49-45-29-26-23-20-17-14-11-8-5-2/h7,10,16,19,24-25,27-29,31-32,34-35,37-38,40-41,43-45,70H,4-6,8-9,11-15,17-18,20-23,26,30,33,36,39,42,46-69H2,1-3H3/b10-7-,19-16-,27-24-,28-25-,32-31-,35-34-,38-37-,41-40-,44-43-,45-29-. The van der Waals surface area contributed by atoms with Crippen LogP contribution >= 0.6 is 0 Å². The fraction of sp³-hybridized carbons (Fsp3) is 0.685. The maximum atomic E-state index is 12.9. The molecule has 1 unspecified atom stereocenters. The molecular weight excluding hydrogens is 973 g/mol. The van der Waals surface area contributed by atoms with Gasteiger partial charge in [-0.25, -0.2) is 0 Å². The van der Waals surface area contributed by atoms with Gasteiger partial charge in [0.25, 0.3) is 0 Å². The maximum Gasteiger partial charge on any atom is 0.306 e. The van der Waals surface area contributed by atoms with Gasteiger partial charge in [-0.2, -0.15) is 0 Å². The highest BCUT2D eigenvalue weighted by Crippen LogP contribution is 2.15. The van der Waals surface area contributed by atoms with Crippen LogP contribution in [0, 0.1) is 0 Å². The number of hydrogen-bond acceptors (Lipinski definition) is 6. The number of unbranched alkanes of at least 4 members (excludes halogenated alkanes) is 28. The molecule has 0 aliphatic heterocycles. The van der Waals surface area contributed by atoms with E-state index in [1.807, 2.05) is 0 Å². The molecule has 6 nitrogen and oxygen atoms in total. The van der Waals surface area contributed by atoms with E-state index in [4.69, 9.17) is 14.2 Å². The average molecular weight is 1100 g/mol. The number of esters is 3. The summed E-state index contributed by atoms with van der Waals surface area (Å²) in [5, 5.41) is 0. The molecule has 0 saturated heterocycles. The van der Waals surface area contributed by atoms with Gasteiger partial charge >= 0.3 is 17.9 Å². The Balaban J connectivity index is 4.35. The molecule has 0 fully saturated rings. The first-order valence-electron chi connectivity index (χ1n) is 33.0. The van der Waals surface area contributed by atoms with Crippen molar-refractivity contribution in [2.24, 2.45) is 0 Å². The molecule has 0 spiro atoms. The van der Waals surface area contributed by atoms with Crippen LogP contribution in [0.2, 0.25) is 0 Å². The first-order chi connectivity index (χ1) is 39.0. The monoisotopic (exact) mass is 1090 g/mol. The largest absolute Gasteiger partial charge is 0.462 e. The highest BCUT2D eigenvalue weighted by Gasteiger charge is 2.19. The molecule has 0 aromatic rings. The van der Waals surface area contributed by atoms with Crippen molar-refractivity contribution >= 4 is 17.9 Å². The SMILES string of the molecule is CC/C=C\C/C=C\C/C=C\C/C=C\C/C=C\C/C=C\C/C=C\C/C=C\CCCCCCCCC(=O)OCC(COC(=O)CCCCCCC/C=C\CCCCCCC)OC(=O)CCCCCCC/C=C\CCCCCCCCC. The van der Waals surface area contributed by atoms with Gasteiger partial charge in [-0.05, 0) is 135 Å². The molecule has 79 heavy (non-hydrogen) atoms. The maximum absolute atomic E-state index is 12.9. The van der Waals surface area contributed by atoms with Crippen molar-refractivity contribution in [1.29, 1.82) is 0 Å². The lowest BCUT2D eigenvalue weighted by Gasteiger charge is -2.18. The van der Waals surface area contributed by atoms with Crippen molar-refractivity contribution in [2.75, 3.05) is 13.2 Å². The van der Waals surface area contributed by atoms with Crippen LogP contribution in [-0.2, 0) is 28.6 Å². The summed E-state index contributed by atoms with van der Waals surface area (Å²) in [6.45, 7) is 6.50. The smallest absolute Gasteiger partial charge is 0.306 e. The van der Waals surface area contributed by atoms with Gasteiger partial charge in [0, 0.05) is 19.3 Å². The minimum absolute atomic E-state index is 0.0910. The molecule has 0 heterocycles. The molecule has 0 rings (SSSR count). The van der Waals surface area contributed by atoms with Crippen molar-refractivity contribution in [3.63, 3.8) is 0 Å². The summed E-state index contributed by atoms with van der Waals surface area (Å²) in [6.07, 6.45) is 92.0. The van der Waals surface area contributed by atoms with Gasteiger partial charge in [-0.15, -0.1) is 0 Å². The van der Waals surface area contributed by atoms with E-state index in [-0.39, 0.29) is 31.1 Å². The summed E-state index contributed by atoms with van der Waals surface area (Å²) in [5.41, 5.74) is 0. The van der Waals surface area contributed by atoms with E-state index in [9.17, 15) is 14.4 Å². The summed E-state index contributed by atoms with van der Waals surface area (Å²) in [4.78, 5) is 38.3. The van der Waals surface area contributed by atoms with Crippen molar-refractivity contribution in [3.8, 4) is 0 Å². The quantitative estimate of drug-likeness (QED) is 0.0261. The predicted molar refractivity (Wildman–Crippen MR) is 343 cm³/mol. The zero-order valence-electron chi connectivity index (χ0n) is 51.6. The summed E-state index contributed by atoms with van der Waals surface area (Å²) < 4.78 is 16.9. The van der Waals surface area contributed by atoms with Gasteiger partial charge in [0.2, 0.25) is 0 Å². The van der Waals surface area contributed by atoms with Crippen LogP contribution in [0.15, 0.2) is 122 Å². The third kappa shape index (κ3) is 64.5. The molecule has 0 bridgehead atoms. The Hall–Kier alpha value is -4.19. The number of hydrogen-bond donors (Lipinski definition) is 0. The van der Waals surface area contributed by atoms with Crippen LogP contribution in [0.25, 0.3) is 0 Å². The van der Waals surface area contributed by atoms with Crippen molar-refractivity contribution in [3.05, 3.63) is 122 Å². The van der Waals surface area contributed by atoms with Gasteiger partial charge in [-0.1, -0.05) is 271 Å². The molecule has 0 saturated carbocycles. The number of allylic oxidation sites excluding steroid dienone is 20. The van der Waals surface area contributed by atoms with E-state index < -0.39 is 6.10 Å². The second-order valence-electron chi connectivity index (χ2n) is 21.6. The van der Waals surface area contributed by atoms with Crippen LogP contribution in [0.4, 0.5) is 0 Å². The Morgan fingerprint density at radius 3 is 0.785 bits per heavy atom. The molecule has 450 valence electrons. The topological polar surface area (TPSA) is 78.9 Å². The van der Waals surface area contributed by atoms with E-state index in [2.05, 4.69) is 142 Å². The third-order valence-electron chi connectivity index (χ3n) is 13.9. The molecule has 0 amide bonds. The molecule has 1 atom stereocenters. The second-order valence-corrected chi connectivity index (χ2v) is 21.6. The number of carbonyl (C=O) groups is 3. The number of ether oxygens (including phenoxy) is 3. The summed E-state index contributed by atoms with van der Waals surface area (Å²) in [5.74, 6) is -0.917. The van der Waals surface area contributed by atoms with E-state index in [0.717, 1.165) is 141 Å². The van der Waals surface area contributed by atoms with Crippen LogP contribution < -0.4 is 0 Å². The van der Waals surface area contributed by atoms with Crippen molar-refractivity contribution < 1.29 is 28.6 Å². The molecule has 0 N–H and O–H groups in total. The van der Waals surface area contributed by atoms with Gasteiger partial charge in [0.05, 0.1) is 0 Å². The highest BCUT2D eigenvalue weighted by atomic mass is 16.6. The van der Waals surface area contributed by atoms with Crippen LogP contribution in [0.3, 0.4) is 0 Å². The van der Waals surface area contributed by atoms with E-state index in [1.165, 1.54) is 122 Å². The Bertz CT molecular complexity index is 1640. The van der Waals surface area contributed by atoms with Gasteiger partial charge < -0.3 is 14.2 Å². The van der Waals surface area contributed by atoms with Crippen molar-refractivity contribution in [1.82, 2.24) is 0 Å². The minimum Gasteiger partial charge on any atom is -0.462 e. The van der Waals surface area contributed by atoms with Gasteiger partial charge in [0.15, 0.2) is 6.10 Å². The van der Waals surface area contributed by atoms with E-state index in [0.29, 0.717) is 19.3 Å². The lowest BCUT2D eigenvalue weighted by Crippen LogP contribution is -2.30. The first-order valence-corrected chi connectivity index (χ1v) is 33.0. The van der Waals surface area contributed by atoms with Crippen LogP contribution in [0.5, 0.6) is 0 Å². The van der Waals surface area contributed by atoms with E-state index in [1.54, 1.807) is 0 Å². The fourth-order valence-corrected chi connectivity index (χ4v) is 8.98. The molecule has 6 heteroatoms. The van der Waals surface area contributed by atoms with Gasteiger partial charge in [-0.3, -0.25) is 14.4 Å². The minimum atomic E-state index is -0.795. The summed E-state index contributed by atoms with van der Waals surface area (Å²) >= 11 is 0. The zero-order valence-corrected chi connectivity index (χ0v) is 51.6. The molecule has 0 radical (unpaired) electrons. The molecule has 0 aliphatic rings. The van der Waals surface area contributed by atoms with E-state index >= 15 is 0 Å². The van der Waals surface area contributed by atoms with Crippen LogP contribution in [0.1, 0.15) is 303 Å². The lowest BCUT2D eigenvalue weighted by molar-refractivity contribution is -0.167. The highest BCUT2D eigenvalue weighted by molar-refractivity contribution is 5.71. The Morgan fingerprint density at radius 1 is 0.266 bits per heavy atom. The summed E-state index contributed by atoms with van der Waals surface area (Å²) in [7, 11) is 0. The molecule has 0 aromatic carbocycles. The normalized spacial score (nSPS) is 12.9. The molecule has 0 aromatic heterocycles. The molecule has 0 aliphatic carbocycles. The average Bonchev–Trinajstić information content (AvgIpc) is 3.45. The Morgan fingerprint density at radius 2 is 0.494 bits per heavy atom. The summed E-state index contributed by atoms with van der Waals surface area (Å²) in [6, 6.07) is 0. The lowest BCUT2D eigenvalue weighted by atomic mass is 10.1.